The van der Waals surface area contributed by atoms with E-state index in [9.17, 15) is 5.11 Å². The van der Waals surface area contributed by atoms with Crippen LogP contribution in [0.15, 0.2) is 79.0 Å². The van der Waals surface area contributed by atoms with Gasteiger partial charge in [-0.1, -0.05) is 48.5 Å². The van der Waals surface area contributed by atoms with Crippen molar-refractivity contribution in [1.82, 2.24) is 9.38 Å². The fraction of sp³-hybridized carbons (Fsp3) is 0.0500. The van der Waals surface area contributed by atoms with Crippen molar-refractivity contribution in [2.75, 3.05) is 0 Å². The molecule has 0 aliphatic rings. The zero-order chi connectivity index (χ0) is 15.6. The van der Waals surface area contributed by atoms with Gasteiger partial charge < -0.3 is 9.51 Å². The Morgan fingerprint density at radius 1 is 0.826 bits per heavy atom. The second-order valence-electron chi connectivity index (χ2n) is 5.52. The van der Waals surface area contributed by atoms with Gasteiger partial charge >= 0.3 is 0 Å². The molecule has 2 aromatic carbocycles. The van der Waals surface area contributed by atoms with Gasteiger partial charge in [-0.25, -0.2) is 4.98 Å². The largest absolute Gasteiger partial charge is 0.507 e. The van der Waals surface area contributed by atoms with Crippen LogP contribution in [-0.4, -0.2) is 14.5 Å². The van der Waals surface area contributed by atoms with Crippen LogP contribution in [0.5, 0.6) is 5.75 Å². The Morgan fingerprint density at radius 3 is 2.39 bits per heavy atom. The van der Waals surface area contributed by atoms with Gasteiger partial charge in [0.05, 0.1) is 11.4 Å². The van der Waals surface area contributed by atoms with Crippen LogP contribution in [0.3, 0.4) is 0 Å². The Balaban J connectivity index is 1.93. The van der Waals surface area contributed by atoms with Crippen molar-refractivity contribution in [2.24, 2.45) is 0 Å². The number of pyridine rings is 1. The van der Waals surface area contributed by atoms with Crippen molar-refractivity contribution >= 4 is 5.65 Å². The van der Waals surface area contributed by atoms with Gasteiger partial charge in [0.15, 0.2) is 0 Å². The average Bonchev–Trinajstić information content (AvgIpc) is 2.95. The fourth-order valence-corrected chi connectivity index (χ4v) is 2.89. The monoisotopic (exact) mass is 300 g/mol. The topological polar surface area (TPSA) is 37.5 Å². The van der Waals surface area contributed by atoms with Crippen LogP contribution in [0.1, 0.15) is 11.3 Å². The standard InChI is InChI=1S/C20H16N2O/c23-18-11-5-4-10-16(18)20-17(14-15-8-2-1-3-9-15)22-13-7-6-12-19(22)21-20/h1-13,23H,14H2. The molecule has 3 nitrogen and oxygen atoms in total. The lowest BCUT2D eigenvalue weighted by Crippen LogP contribution is -1.96. The Kier molecular flexibility index (Phi) is 3.31. The predicted molar refractivity (Wildman–Crippen MR) is 91.5 cm³/mol. The third kappa shape index (κ3) is 2.46. The predicted octanol–water partition coefficient (Wildman–Crippen LogP) is 4.30. The van der Waals surface area contributed by atoms with E-state index < -0.39 is 0 Å². The number of phenols is 1. The van der Waals surface area contributed by atoms with E-state index in [0.29, 0.717) is 0 Å². The number of hydrogen-bond donors (Lipinski definition) is 1. The van der Waals surface area contributed by atoms with Crippen molar-refractivity contribution in [3.05, 3.63) is 90.3 Å². The van der Waals surface area contributed by atoms with Gasteiger partial charge in [0, 0.05) is 18.2 Å². The first-order valence-electron chi connectivity index (χ1n) is 7.61. The highest BCUT2D eigenvalue weighted by molar-refractivity contribution is 5.72. The number of nitrogens with zero attached hydrogens (tertiary/aromatic N) is 2. The number of phenolic OH excluding ortho intramolecular Hbond substituents is 1. The first-order chi connectivity index (χ1) is 11.3. The van der Waals surface area contributed by atoms with Crippen LogP contribution >= 0.6 is 0 Å². The quantitative estimate of drug-likeness (QED) is 0.612. The van der Waals surface area contributed by atoms with E-state index in [-0.39, 0.29) is 5.75 Å². The van der Waals surface area contributed by atoms with Crippen molar-refractivity contribution < 1.29 is 5.11 Å². The van der Waals surface area contributed by atoms with Crippen molar-refractivity contribution in [3.63, 3.8) is 0 Å². The summed E-state index contributed by atoms with van der Waals surface area (Å²) in [6.45, 7) is 0. The minimum absolute atomic E-state index is 0.255. The molecule has 0 unspecified atom stereocenters. The lowest BCUT2D eigenvalue weighted by atomic mass is 10.0. The van der Waals surface area contributed by atoms with Gasteiger partial charge in [-0.15, -0.1) is 0 Å². The first kappa shape index (κ1) is 13.6. The molecule has 112 valence electrons. The van der Waals surface area contributed by atoms with E-state index in [1.165, 1.54) is 5.56 Å². The number of imidazole rings is 1. The number of benzene rings is 2. The van der Waals surface area contributed by atoms with Crippen LogP contribution in [0.25, 0.3) is 16.9 Å². The number of rotatable bonds is 3. The molecule has 0 fully saturated rings. The molecule has 0 radical (unpaired) electrons. The molecule has 2 aromatic heterocycles. The summed E-state index contributed by atoms with van der Waals surface area (Å²) in [5.41, 5.74) is 4.78. The molecule has 0 aliphatic heterocycles. The molecule has 0 atom stereocenters. The van der Waals surface area contributed by atoms with Gasteiger partial charge in [-0.3, -0.25) is 0 Å². The Labute approximate surface area is 134 Å². The first-order valence-corrected chi connectivity index (χ1v) is 7.61. The Bertz CT molecular complexity index is 958. The summed E-state index contributed by atoms with van der Waals surface area (Å²) >= 11 is 0. The number of para-hydroxylation sites is 1. The summed E-state index contributed by atoms with van der Waals surface area (Å²) in [6, 6.07) is 23.6. The summed E-state index contributed by atoms with van der Waals surface area (Å²) in [7, 11) is 0. The lowest BCUT2D eigenvalue weighted by Gasteiger charge is -2.07. The maximum absolute atomic E-state index is 10.2. The maximum Gasteiger partial charge on any atom is 0.137 e. The highest BCUT2D eigenvalue weighted by Crippen LogP contribution is 2.32. The smallest absolute Gasteiger partial charge is 0.137 e. The average molecular weight is 300 g/mol. The van der Waals surface area contributed by atoms with E-state index in [1.54, 1.807) is 6.07 Å². The molecule has 0 saturated heterocycles. The minimum Gasteiger partial charge on any atom is -0.507 e. The molecule has 2 heterocycles. The highest BCUT2D eigenvalue weighted by Gasteiger charge is 2.16. The van der Waals surface area contributed by atoms with E-state index in [0.717, 1.165) is 29.0 Å². The molecule has 0 bridgehead atoms. The van der Waals surface area contributed by atoms with Gasteiger partial charge in [0.2, 0.25) is 0 Å². The van der Waals surface area contributed by atoms with Crippen LogP contribution < -0.4 is 0 Å². The maximum atomic E-state index is 10.2. The lowest BCUT2D eigenvalue weighted by molar-refractivity contribution is 0.477. The van der Waals surface area contributed by atoms with Gasteiger partial charge in [-0.2, -0.15) is 0 Å². The summed E-state index contributed by atoms with van der Waals surface area (Å²) in [4.78, 5) is 4.74. The minimum atomic E-state index is 0.255. The van der Waals surface area contributed by atoms with Crippen molar-refractivity contribution in [1.29, 1.82) is 0 Å². The van der Waals surface area contributed by atoms with Crippen molar-refractivity contribution in [3.8, 4) is 17.0 Å². The van der Waals surface area contributed by atoms with E-state index >= 15 is 0 Å². The van der Waals surface area contributed by atoms with Gasteiger partial charge in [-0.05, 0) is 29.8 Å². The zero-order valence-electron chi connectivity index (χ0n) is 12.6. The Morgan fingerprint density at radius 2 is 1.57 bits per heavy atom. The van der Waals surface area contributed by atoms with E-state index in [4.69, 9.17) is 4.98 Å². The zero-order valence-corrected chi connectivity index (χ0v) is 12.6. The van der Waals surface area contributed by atoms with Crippen LogP contribution in [0.4, 0.5) is 0 Å². The molecule has 0 aliphatic carbocycles. The highest BCUT2D eigenvalue weighted by atomic mass is 16.3. The molecular weight excluding hydrogens is 284 g/mol. The molecule has 0 saturated carbocycles. The summed E-state index contributed by atoms with van der Waals surface area (Å²) < 4.78 is 2.09. The number of fused-ring (bicyclic) bond motifs is 1. The van der Waals surface area contributed by atoms with Crippen LogP contribution in [0.2, 0.25) is 0 Å². The van der Waals surface area contributed by atoms with Gasteiger partial charge in [0.25, 0.3) is 0 Å². The van der Waals surface area contributed by atoms with E-state index in [2.05, 4.69) is 16.5 Å². The number of aromatic nitrogens is 2. The number of hydrogen-bond acceptors (Lipinski definition) is 2. The van der Waals surface area contributed by atoms with Crippen LogP contribution in [0, 0.1) is 0 Å². The molecule has 1 N–H and O–H groups in total. The molecule has 0 amide bonds. The normalized spacial score (nSPS) is 11.0. The Hall–Kier alpha value is -3.07. The van der Waals surface area contributed by atoms with Gasteiger partial charge in [0.1, 0.15) is 11.4 Å². The summed E-state index contributed by atoms with van der Waals surface area (Å²) in [5, 5.41) is 10.2. The second-order valence-corrected chi connectivity index (χ2v) is 5.52. The second kappa shape index (κ2) is 5.61. The summed E-state index contributed by atoms with van der Waals surface area (Å²) in [5.74, 6) is 0.255. The fourth-order valence-electron chi connectivity index (χ4n) is 2.89. The van der Waals surface area contributed by atoms with Crippen LogP contribution in [-0.2, 0) is 6.42 Å². The van der Waals surface area contributed by atoms with E-state index in [1.807, 2.05) is 60.8 Å². The SMILES string of the molecule is Oc1ccccc1-c1nc2ccccn2c1Cc1ccccc1. The molecule has 4 rings (SSSR count). The summed E-state index contributed by atoms with van der Waals surface area (Å²) in [6.07, 6.45) is 2.78. The number of aromatic hydroxyl groups is 1. The molecule has 0 spiro atoms. The third-order valence-electron chi connectivity index (χ3n) is 4.00. The molecule has 4 aromatic rings. The van der Waals surface area contributed by atoms with Crippen molar-refractivity contribution in [2.45, 2.75) is 6.42 Å². The molecular formula is C20H16N2O. The molecule has 23 heavy (non-hydrogen) atoms. The third-order valence-corrected chi connectivity index (χ3v) is 4.00. The molecule has 3 heteroatoms.